The quantitative estimate of drug-likeness (QED) is 0.764. The number of hydrogen-bond donors (Lipinski definition) is 0. The summed E-state index contributed by atoms with van der Waals surface area (Å²) < 4.78 is 5.44. The second-order valence-electron chi connectivity index (χ2n) is 8.53. The van der Waals surface area contributed by atoms with E-state index in [9.17, 15) is 14.4 Å². The summed E-state index contributed by atoms with van der Waals surface area (Å²) in [4.78, 5) is 41.9. The van der Waals surface area contributed by atoms with Crippen LogP contribution < -0.4 is 0 Å². The minimum atomic E-state index is -0.544. The Morgan fingerprint density at radius 1 is 1.15 bits per heavy atom. The van der Waals surface area contributed by atoms with Gasteiger partial charge in [0.05, 0.1) is 12.1 Å². The van der Waals surface area contributed by atoms with Gasteiger partial charge in [0.1, 0.15) is 5.60 Å². The van der Waals surface area contributed by atoms with Crippen LogP contribution in [0.25, 0.3) is 0 Å². The summed E-state index contributed by atoms with van der Waals surface area (Å²) in [6, 6.07) is -0.739. The van der Waals surface area contributed by atoms with E-state index in [1.807, 2.05) is 34.6 Å². The molecule has 0 aromatic rings. The zero-order chi connectivity index (χ0) is 20.2. The lowest BCUT2D eigenvalue weighted by atomic mass is 9.99. The predicted molar refractivity (Wildman–Crippen MR) is 101 cm³/mol. The molecule has 2 atom stereocenters. The molecule has 0 aromatic carbocycles. The third-order valence-corrected chi connectivity index (χ3v) is 4.66. The van der Waals surface area contributed by atoms with Gasteiger partial charge in [-0.2, -0.15) is 0 Å². The number of urea groups is 1. The van der Waals surface area contributed by atoms with Gasteiger partial charge in [-0.05, 0) is 46.5 Å². The van der Waals surface area contributed by atoms with Crippen molar-refractivity contribution in [1.82, 2.24) is 14.7 Å². The molecule has 3 amide bonds. The fourth-order valence-electron chi connectivity index (χ4n) is 3.48. The van der Waals surface area contributed by atoms with Gasteiger partial charge in [0.2, 0.25) is 0 Å². The zero-order valence-corrected chi connectivity index (χ0v) is 17.5. The normalized spacial score (nSPS) is 19.1. The Kier molecular flexibility index (Phi) is 7.47. The van der Waals surface area contributed by atoms with E-state index in [1.54, 1.807) is 23.9 Å². The summed E-state index contributed by atoms with van der Waals surface area (Å²) >= 11 is 0. The number of amides is 3. The molecule has 1 saturated heterocycles. The van der Waals surface area contributed by atoms with Gasteiger partial charge in [0.15, 0.2) is 5.78 Å². The van der Waals surface area contributed by atoms with Crippen molar-refractivity contribution < 1.29 is 19.1 Å². The number of piperidine rings is 1. The second-order valence-corrected chi connectivity index (χ2v) is 8.53. The first kappa shape index (κ1) is 22.3. The van der Waals surface area contributed by atoms with Crippen molar-refractivity contribution in [2.75, 3.05) is 27.2 Å². The number of Topliss-reactive ketones (excluding diaryl/α,β-unsaturated/α-hetero) is 1. The second kappa shape index (κ2) is 8.73. The first-order valence-electron chi connectivity index (χ1n) is 9.33. The Labute approximate surface area is 157 Å². The number of ketones is 1. The highest BCUT2D eigenvalue weighted by atomic mass is 16.6. The lowest BCUT2D eigenvalue weighted by Gasteiger charge is -2.40. The van der Waals surface area contributed by atoms with E-state index in [4.69, 9.17) is 4.74 Å². The molecule has 0 bridgehead atoms. The standard InChI is InChI=1S/C19H35N3O4/c1-13(2)16(14(3)23)21(8)17(24)20(7)15-10-9-11-22(12-15)18(25)26-19(4,5)6/h13,15-16H,9-12H2,1-8H3/t15-,16-/m0/s1. The lowest BCUT2D eigenvalue weighted by Crippen LogP contribution is -2.56. The van der Waals surface area contributed by atoms with Crippen LogP contribution in [0.4, 0.5) is 9.59 Å². The molecule has 0 saturated carbocycles. The summed E-state index contributed by atoms with van der Waals surface area (Å²) in [6.45, 7) is 12.0. The Morgan fingerprint density at radius 3 is 2.19 bits per heavy atom. The molecule has 7 heteroatoms. The van der Waals surface area contributed by atoms with Crippen molar-refractivity contribution in [2.24, 2.45) is 5.92 Å². The molecule has 0 aliphatic carbocycles. The van der Waals surface area contributed by atoms with Crippen LogP contribution in [-0.2, 0) is 9.53 Å². The zero-order valence-electron chi connectivity index (χ0n) is 17.5. The Bertz CT molecular complexity index is 527. The highest BCUT2D eigenvalue weighted by Crippen LogP contribution is 2.20. The molecule has 150 valence electrons. The maximum absolute atomic E-state index is 12.9. The molecule has 1 fully saturated rings. The summed E-state index contributed by atoms with van der Waals surface area (Å²) in [5.41, 5.74) is -0.544. The highest BCUT2D eigenvalue weighted by Gasteiger charge is 2.34. The minimum Gasteiger partial charge on any atom is -0.444 e. The summed E-state index contributed by atoms with van der Waals surface area (Å²) in [7, 11) is 3.40. The van der Waals surface area contributed by atoms with E-state index >= 15 is 0 Å². The highest BCUT2D eigenvalue weighted by molar-refractivity contribution is 5.87. The number of carbonyl (C=O) groups is 3. The first-order valence-corrected chi connectivity index (χ1v) is 9.33. The third-order valence-electron chi connectivity index (χ3n) is 4.66. The van der Waals surface area contributed by atoms with Crippen molar-refractivity contribution in [2.45, 2.75) is 72.1 Å². The molecule has 1 heterocycles. The molecule has 0 aromatic heterocycles. The third kappa shape index (κ3) is 5.88. The number of carbonyl (C=O) groups excluding carboxylic acids is 3. The Hall–Kier alpha value is -1.79. The molecule has 1 aliphatic heterocycles. The number of rotatable bonds is 4. The molecule has 26 heavy (non-hydrogen) atoms. The van der Waals surface area contributed by atoms with Crippen molar-refractivity contribution in [3.63, 3.8) is 0 Å². The first-order chi connectivity index (χ1) is 11.8. The van der Waals surface area contributed by atoms with Crippen LogP contribution in [0.15, 0.2) is 0 Å². The van der Waals surface area contributed by atoms with Crippen LogP contribution in [-0.4, -0.2) is 77.5 Å². The fraction of sp³-hybridized carbons (Fsp3) is 0.842. The molecular formula is C19H35N3O4. The van der Waals surface area contributed by atoms with Gasteiger partial charge in [-0.3, -0.25) is 4.79 Å². The molecule has 0 N–H and O–H groups in total. The monoisotopic (exact) mass is 369 g/mol. The van der Waals surface area contributed by atoms with Gasteiger partial charge < -0.3 is 19.4 Å². The van der Waals surface area contributed by atoms with Crippen LogP contribution >= 0.6 is 0 Å². The van der Waals surface area contributed by atoms with Crippen molar-refractivity contribution in [3.05, 3.63) is 0 Å². The predicted octanol–water partition coefficient (Wildman–Crippen LogP) is 2.98. The van der Waals surface area contributed by atoms with Gasteiger partial charge in [-0.15, -0.1) is 0 Å². The summed E-state index contributed by atoms with van der Waals surface area (Å²) in [5.74, 6) is 0.0164. The smallest absolute Gasteiger partial charge is 0.410 e. The maximum atomic E-state index is 12.9. The molecule has 0 unspecified atom stereocenters. The summed E-state index contributed by atoms with van der Waals surface area (Å²) in [5, 5.41) is 0. The van der Waals surface area contributed by atoms with Crippen LogP contribution in [0.2, 0.25) is 0 Å². The Balaban J connectivity index is 2.79. The SMILES string of the molecule is CC(=O)[C@H](C(C)C)N(C)C(=O)N(C)[C@H]1CCCN(C(=O)OC(C)(C)C)C1. The van der Waals surface area contributed by atoms with E-state index < -0.39 is 11.6 Å². The van der Waals surface area contributed by atoms with Crippen LogP contribution in [0, 0.1) is 5.92 Å². The number of likely N-dealkylation sites (N-methyl/N-ethyl adjacent to an activating group) is 2. The number of nitrogens with zero attached hydrogens (tertiary/aromatic N) is 3. The van der Waals surface area contributed by atoms with Crippen molar-refractivity contribution >= 4 is 17.9 Å². The van der Waals surface area contributed by atoms with E-state index in [2.05, 4.69) is 0 Å². The van der Waals surface area contributed by atoms with Crippen LogP contribution in [0.5, 0.6) is 0 Å². The number of ether oxygens (including phenoxy) is 1. The van der Waals surface area contributed by atoms with E-state index in [-0.39, 0.29) is 29.9 Å². The summed E-state index contributed by atoms with van der Waals surface area (Å²) in [6.07, 6.45) is 1.29. The van der Waals surface area contributed by atoms with E-state index in [0.29, 0.717) is 13.1 Å². The number of hydrogen-bond acceptors (Lipinski definition) is 4. The Morgan fingerprint density at radius 2 is 1.73 bits per heavy atom. The maximum Gasteiger partial charge on any atom is 0.410 e. The van der Waals surface area contributed by atoms with E-state index in [1.165, 1.54) is 11.8 Å². The van der Waals surface area contributed by atoms with Crippen molar-refractivity contribution in [1.29, 1.82) is 0 Å². The number of likely N-dealkylation sites (tertiary alicyclic amines) is 1. The topological polar surface area (TPSA) is 70.2 Å². The average molecular weight is 370 g/mol. The van der Waals surface area contributed by atoms with Crippen molar-refractivity contribution in [3.8, 4) is 0 Å². The molecule has 0 spiro atoms. The van der Waals surface area contributed by atoms with Crippen LogP contribution in [0.3, 0.4) is 0 Å². The molecule has 1 aliphatic rings. The molecule has 1 rings (SSSR count). The van der Waals surface area contributed by atoms with Gasteiger partial charge in [0.25, 0.3) is 0 Å². The van der Waals surface area contributed by atoms with Gasteiger partial charge >= 0.3 is 12.1 Å². The lowest BCUT2D eigenvalue weighted by molar-refractivity contribution is -0.122. The molecule has 7 nitrogen and oxygen atoms in total. The minimum absolute atomic E-state index is 0.0247. The molecule has 0 radical (unpaired) electrons. The van der Waals surface area contributed by atoms with E-state index in [0.717, 1.165) is 12.8 Å². The largest absolute Gasteiger partial charge is 0.444 e. The fourth-order valence-corrected chi connectivity index (χ4v) is 3.48. The van der Waals surface area contributed by atoms with Crippen LogP contribution in [0.1, 0.15) is 54.4 Å². The van der Waals surface area contributed by atoms with Gasteiger partial charge in [0, 0.05) is 27.2 Å². The molecular weight excluding hydrogens is 334 g/mol. The average Bonchev–Trinajstić information content (AvgIpc) is 2.51. The van der Waals surface area contributed by atoms with Gasteiger partial charge in [-0.1, -0.05) is 13.8 Å². The van der Waals surface area contributed by atoms with Gasteiger partial charge in [-0.25, -0.2) is 9.59 Å².